The highest BCUT2D eigenvalue weighted by Gasteiger charge is 2.79. The molecule has 1 spiro atoms. The van der Waals surface area contributed by atoms with Gasteiger partial charge in [0, 0.05) is 25.4 Å². The van der Waals surface area contributed by atoms with Crippen molar-refractivity contribution in [1.29, 1.82) is 0 Å². The largest absolute Gasteiger partial charge is 0.494 e. The number of fused-ring (bicyclic) bond motifs is 1. The molecule has 3 saturated heterocycles. The van der Waals surface area contributed by atoms with Crippen LogP contribution in [0.25, 0.3) is 0 Å². The molecule has 3 unspecified atom stereocenters. The van der Waals surface area contributed by atoms with Crippen LogP contribution in [0.5, 0.6) is 5.75 Å². The molecule has 4 rings (SSSR count). The first kappa shape index (κ1) is 28.4. The van der Waals surface area contributed by atoms with Crippen LogP contribution >= 0.6 is 0 Å². The van der Waals surface area contributed by atoms with E-state index in [1.807, 2.05) is 20.8 Å². The summed E-state index contributed by atoms with van der Waals surface area (Å²) >= 11 is 0. The highest BCUT2D eigenvalue weighted by molar-refractivity contribution is 6.02. The molecule has 3 amide bonds. The van der Waals surface area contributed by atoms with Gasteiger partial charge >= 0.3 is 0 Å². The summed E-state index contributed by atoms with van der Waals surface area (Å²) in [5.74, 6) is -1.41. The first-order valence-electron chi connectivity index (χ1n) is 14.2. The van der Waals surface area contributed by atoms with Gasteiger partial charge in [0.15, 0.2) is 0 Å². The molecular formula is C29H43N3O6. The van der Waals surface area contributed by atoms with E-state index in [-0.39, 0.29) is 30.2 Å². The van der Waals surface area contributed by atoms with Crippen LogP contribution in [0.1, 0.15) is 66.2 Å². The molecule has 3 heterocycles. The van der Waals surface area contributed by atoms with Gasteiger partial charge in [0.1, 0.15) is 17.4 Å². The predicted molar refractivity (Wildman–Crippen MR) is 144 cm³/mol. The van der Waals surface area contributed by atoms with Crippen LogP contribution in [-0.4, -0.2) is 71.3 Å². The molecule has 6 atom stereocenters. The summed E-state index contributed by atoms with van der Waals surface area (Å²) in [6.45, 7) is 9.50. The molecule has 3 aliphatic heterocycles. The first-order chi connectivity index (χ1) is 18.2. The zero-order valence-electron chi connectivity index (χ0n) is 23.1. The van der Waals surface area contributed by atoms with E-state index >= 15 is 0 Å². The quantitative estimate of drug-likeness (QED) is 0.338. The number of aliphatic hydroxyl groups excluding tert-OH is 1. The van der Waals surface area contributed by atoms with Crippen LogP contribution in [0.4, 0.5) is 5.69 Å². The minimum atomic E-state index is -1.04. The lowest BCUT2D eigenvalue weighted by molar-refractivity contribution is -0.146. The summed E-state index contributed by atoms with van der Waals surface area (Å²) in [4.78, 5) is 43.1. The highest BCUT2D eigenvalue weighted by Crippen LogP contribution is 2.65. The van der Waals surface area contributed by atoms with Crippen LogP contribution in [-0.2, 0) is 19.1 Å². The molecule has 0 radical (unpaired) electrons. The molecule has 9 nitrogen and oxygen atoms in total. The summed E-state index contributed by atoms with van der Waals surface area (Å²) in [6, 6.07) is 6.39. The van der Waals surface area contributed by atoms with Crippen molar-refractivity contribution in [3.05, 3.63) is 24.3 Å². The Kier molecular flexibility index (Phi) is 8.67. The smallest absolute Gasteiger partial charge is 0.245 e. The van der Waals surface area contributed by atoms with Gasteiger partial charge in [-0.3, -0.25) is 14.4 Å². The molecule has 0 aliphatic carbocycles. The van der Waals surface area contributed by atoms with Crippen LogP contribution in [0, 0.1) is 17.8 Å². The van der Waals surface area contributed by atoms with Gasteiger partial charge in [0.2, 0.25) is 17.7 Å². The number of ether oxygens (including phenoxy) is 2. The van der Waals surface area contributed by atoms with E-state index in [1.165, 1.54) is 0 Å². The number of hydrogen-bond acceptors (Lipinski definition) is 6. The Bertz CT molecular complexity index is 1020. The minimum Gasteiger partial charge on any atom is -0.494 e. The van der Waals surface area contributed by atoms with Crippen molar-refractivity contribution in [3.8, 4) is 5.75 Å². The molecule has 3 fully saturated rings. The number of hydrogen-bond donors (Lipinski definition) is 3. The first-order valence-corrected chi connectivity index (χ1v) is 14.2. The molecule has 9 heteroatoms. The monoisotopic (exact) mass is 529 g/mol. The molecule has 1 aromatic carbocycles. The second-order valence-corrected chi connectivity index (χ2v) is 11.1. The fourth-order valence-corrected chi connectivity index (χ4v) is 6.76. The predicted octanol–water partition coefficient (Wildman–Crippen LogP) is 3.11. The van der Waals surface area contributed by atoms with Gasteiger partial charge in [-0.25, -0.2) is 0 Å². The zero-order chi connectivity index (χ0) is 27.5. The SMILES string of the molecule is CCCCNC(=O)C1N(CCCCCO)C(=O)[C@@H]2[C@@H](C(=O)Nc3ccc(OCC)cc3)[C@]3(C)OC12CC3C. The van der Waals surface area contributed by atoms with E-state index in [4.69, 9.17) is 9.47 Å². The number of likely N-dealkylation sites (tertiary alicyclic amines) is 1. The van der Waals surface area contributed by atoms with Crippen LogP contribution in [0.3, 0.4) is 0 Å². The Morgan fingerprint density at radius 3 is 2.53 bits per heavy atom. The Labute approximate surface area is 225 Å². The van der Waals surface area contributed by atoms with Crippen molar-refractivity contribution < 1.29 is 29.0 Å². The van der Waals surface area contributed by atoms with Crippen molar-refractivity contribution in [1.82, 2.24) is 10.2 Å². The molecule has 2 bridgehead atoms. The van der Waals surface area contributed by atoms with E-state index in [2.05, 4.69) is 17.6 Å². The van der Waals surface area contributed by atoms with Crippen LogP contribution in [0.2, 0.25) is 0 Å². The fraction of sp³-hybridized carbons (Fsp3) is 0.690. The number of amides is 3. The van der Waals surface area contributed by atoms with Gasteiger partial charge in [-0.05, 0) is 76.1 Å². The normalized spacial score (nSPS) is 31.4. The maximum Gasteiger partial charge on any atom is 0.245 e. The second-order valence-electron chi connectivity index (χ2n) is 11.1. The lowest BCUT2D eigenvalue weighted by atomic mass is 9.62. The molecule has 3 aliphatic rings. The molecule has 0 saturated carbocycles. The summed E-state index contributed by atoms with van der Waals surface area (Å²) < 4.78 is 12.2. The number of unbranched alkanes of at least 4 members (excludes halogenated alkanes) is 3. The number of nitrogens with zero attached hydrogens (tertiary/aromatic N) is 1. The zero-order valence-corrected chi connectivity index (χ0v) is 23.1. The summed E-state index contributed by atoms with van der Waals surface area (Å²) in [7, 11) is 0. The average Bonchev–Trinajstić information content (AvgIpc) is 3.40. The Balaban J connectivity index is 1.63. The molecular weight excluding hydrogens is 486 g/mol. The number of benzene rings is 1. The van der Waals surface area contributed by atoms with E-state index in [0.29, 0.717) is 50.4 Å². The maximum absolute atomic E-state index is 14.0. The van der Waals surface area contributed by atoms with Crippen molar-refractivity contribution >= 4 is 23.4 Å². The van der Waals surface area contributed by atoms with Gasteiger partial charge in [0.05, 0.1) is 24.0 Å². The molecule has 210 valence electrons. The highest BCUT2D eigenvalue weighted by atomic mass is 16.5. The second kappa shape index (κ2) is 11.6. The van der Waals surface area contributed by atoms with Gasteiger partial charge in [-0.15, -0.1) is 0 Å². The van der Waals surface area contributed by atoms with Crippen molar-refractivity contribution in [2.45, 2.75) is 83.5 Å². The Hall–Kier alpha value is -2.65. The van der Waals surface area contributed by atoms with E-state index in [9.17, 15) is 19.5 Å². The number of carbonyl (C=O) groups excluding carboxylic acids is 3. The molecule has 3 N–H and O–H groups in total. The van der Waals surface area contributed by atoms with Crippen molar-refractivity contribution in [2.24, 2.45) is 17.8 Å². The van der Waals surface area contributed by atoms with Gasteiger partial charge < -0.3 is 30.1 Å². The maximum atomic E-state index is 14.0. The fourth-order valence-electron chi connectivity index (χ4n) is 6.76. The third-order valence-corrected chi connectivity index (χ3v) is 8.66. The summed E-state index contributed by atoms with van der Waals surface area (Å²) in [5.41, 5.74) is -1.29. The van der Waals surface area contributed by atoms with Gasteiger partial charge in [0.25, 0.3) is 0 Å². The third kappa shape index (κ3) is 4.91. The van der Waals surface area contributed by atoms with Gasteiger partial charge in [-0.1, -0.05) is 20.3 Å². The molecule has 38 heavy (non-hydrogen) atoms. The lowest BCUT2D eigenvalue weighted by Gasteiger charge is -2.36. The topological polar surface area (TPSA) is 117 Å². The Morgan fingerprint density at radius 1 is 1.13 bits per heavy atom. The number of nitrogens with one attached hydrogen (secondary N) is 2. The third-order valence-electron chi connectivity index (χ3n) is 8.66. The van der Waals surface area contributed by atoms with E-state index in [1.54, 1.807) is 29.2 Å². The number of carbonyl (C=O) groups is 3. The number of rotatable bonds is 13. The standard InChI is InChI=1S/C29H43N3O6/c1-5-7-15-30-26(35)24-29-18-19(3)28(4,38-29)22(23(29)27(36)32(24)16-9-8-10-17-33)25(34)31-20-11-13-21(14-12-20)37-6-2/h11-14,19,22-24,33H,5-10,15-18H2,1-4H3,(H,30,35)(H,31,34)/t19?,22-,23-,24?,28+,29?/m0/s1. The van der Waals surface area contributed by atoms with Crippen molar-refractivity contribution in [3.63, 3.8) is 0 Å². The average molecular weight is 530 g/mol. The van der Waals surface area contributed by atoms with E-state index < -0.39 is 29.1 Å². The van der Waals surface area contributed by atoms with Crippen LogP contribution in [0.15, 0.2) is 24.3 Å². The van der Waals surface area contributed by atoms with Crippen LogP contribution < -0.4 is 15.4 Å². The number of anilines is 1. The summed E-state index contributed by atoms with van der Waals surface area (Å²) in [6.07, 6.45) is 4.40. The van der Waals surface area contributed by atoms with Crippen molar-refractivity contribution in [2.75, 3.05) is 31.6 Å². The summed E-state index contributed by atoms with van der Waals surface area (Å²) in [5, 5.41) is 15.2. The molecule has 1 aromatic rings. The van der Waals surface area contributed by atoms with Gasteiger partial charge in [-0.2, -0.15) is 0 Å². The van der Waals surface area contributed by atoms with E-state index in [0.717, 1.165) is 19.3 Å². The minimum absolute atomic E-state index is 0.0112. The number of aliphatic hydroxyl groups is 1. The Morgan fingerprint density at radius 2 is 1.87 bits per heavy atom. The lowest BCUT2D eigenvalue weighted by Crippen LogP contribution is -2.55. The molecule has 0 aromatic heterocycles.